The Bertz CT molecular complexity index is 390. The molecule has 0 aromatic heterocycles. The van der Waals surface area contributed by atoms with Crippen LogP contribution in [0.3, 0.4) is 0 Å². The van der Waals surface area contributed by atoms with E-state index in [0.29, 0.717) is 32.7 Å². The summed E-state index contributed by atoms with van der Waals surface area (Å²) >= 11 is 0. The van der Waals surface area contributed by atoms with Crippen LogP contribution < -0.4 is 0 Å². The first-order valence-corrected chi connectivity index (χ1v) is 10.5. The maximum atomic E-state index is 11.8. The lowest BCUT2D eigenvalue weighted by Crippen LogP contribution is -2.41. The maximum Gasteiger partial charge on any atom is 0.307 e. The number of aliphatic hydroxyl groups excluding tert-OH is 1. The van der Waals surface area contributed by atoms with Gasteiger partial charge in [0, 0.05) is 26.1 Å². The van der Waals surface area contributed by atoms with Crippen molar-refractivity contribution in [2.24, 2.45) is 0 Å². The predicted octanol–water partition coefficient (Wildman–Crippen LogP) is 3.28. The second kappa shape index (κ2) is 15.0. The van der Waals surface area contributed by atoms with Gasteiger partial charge in [-0.3, -0.25) is 14.6 Å². The number of aliphatic hydroxyl groups is 1. The third kappa shape index (κ3) is 10.1. The summed E-state index contributed by atoms with van der Waals surface area (Å²) in [5.41, 5.74) is 0. The monoisotopic (exact) mass is 370 g/mol. The van der Waals surface area contributed by atoms with Crippen LogP contribution in [-0.2, 0) is 14.3 Å². The first-order valence-electron chi connectivity index (χ1n) is 10.5. The average molecular weight is 371 g/mol. The minimum Gasteiger partial charge on any atom is -0.466 e. The van der Waals surface area contributed by atoms with Gasteiger partial charge in [0.1, 0.15) is 0 Å². The van der Waals surface area contributed by atoms with Gasteiger partial charge in [0.2, 0.25) is 5.91 Å². The summed E-state index contributed by atoms with van der Waals surface area (Å²) in [7, 11) is 0. The predicted molar refractivity (Wildman–Crippen MR) is 102 cm³/mol. The molecule has 1 aliphatic rings. The third-order valence-corrected chi connectivity index (χ3v) is 4.86. The number of β-amino-alcohol motifs (C(OH)–C–C–N with tert-alkyl or cyclic N) is 1. The lowest BCUT2D eigenvalue weighted by molar-refractivity contribution is -0.147. The van der Waals surface area contributed by atoms with E-state index in [1.165, 1.54) is 51.4 Å². The Morgan fingerprint density at radius 2 is 1.62 bits per heavy atom. The van der Waals surface area contributed by atoms with E-state index in [1.54, 1.807) is 10.0 Å². The summed E-state index contributed by atoms with van der Waals surface area (Å²) in [5.74, 6) is -0.231. The van der Waals surface area contributed by atoms with Crippen molar-refractivity contribution in [1.29, 1.82) is 0 Å². The van der Waals surface area contributed by atoms with Gasteiger partial charge in [-0.1, -0.05) is 64.7 Å². The maximum absolute atomic E-state index is 11.8. The Labute approximate surface area is 158 Å². The van der Waals surface area contributed by atoms with Gasteiger partial charge in [0.05, 0.1) is 19.6 Å². The largest absolute Gasteiger partial charge is 0.466 e. The summed E-state index contributed by atoms with van der Waals surface area (Å²) in [6.07, 6.45) is 13.2. The summed E-state index contributed by atoms with van der Waals surface area (Å²) in [4.78, 5) is 23.6. The van der Waals surface area contributed by atoms with Crippen molar-refractivity contribution in [2.45, 2.75) is 84.0 Å². The number of nitrogens with zero attached hydrogens (tertiary/aromatic N) is 2. The van der Waals surface area contributed by atoms with Crippen LogP contribution in [-0.4, -0.2) is 59.8 Å². The summed E-state index contributed by atoms with van der Waals surface area (Å²) in [6, 6.07) is 0. The van der Waals surface area contributed by atoms with E-state index in [9.17, 15) is 9.59 Å². The van der Waals surface area contributed by atoms with E-state index in [4.69, 9.17) is 9.84 Å². The van der Waals surface area contributed by atoms with Crippen molar-refractivity contribution in [3.05, 3.63) is 0 Å². The second-order valence-corrected chi connectivity index (χ2v) is 7.10. The number of rotatable bonds is 16. The Morgan fingerprint density at radius 1 is 1.00 bits per heavy atom. The molecule has 6 nitrogen and oxygen atoms in total. The average Bonchev–Trinajstić information content (AvgIpc) is 2.98. The number of carbonyl (C=O) groups excluding carboxylic acids is 2. The molecular formula is C20H38N2O4. The van der Waals surface area contributed by atoms with Gasteiger partial charge >= 0.3 is 5.97 Å². The molecule has 1 N–H and O–H groups in total. The first-order chi connectivity index (χ1) is 12.7. The Morgan fingerprint density at radius 3 is 2.23 bits per heavy atom. The van der Waals surface area contributed by atoms with E-state index in [1.807, 2.05) is 0 Å². The third-order valence-electron chi connectivity index (χ3n) is 4.86. The van der Waals surface area contributed by atoms with Crippen LogP contribution in [0, 0.1) is 0 Å². The molecule has 1 amide bonds. The van der Waals surface area contributed by atoms with Crippen molar-refractivity contribution < 1.29 is 19.4 Å². The molecule has 1 heterocycles. The van der Waals surface area contributed by atoms with E-state index >= 15 is 0 Å². The topological polar surface area (TPSA) is 70.1 Å². The molecule has 6 heteroatoms. The van der Waals surface area contributed by atoms with Crippen LogP contribution >= 0.6 is 0 Å². The highest BCUT2D eigenvalue weighted by atomic mass is 16.5. The lowest BCUT2D eigenvalue weighted by Gasteiger charge is -2.26. The molecule has 0 spiro atoms. The van der Waals surface area contributed by atoms with Crippen molar-refractivity contribution in [3.63, 3.8) is 0 Å². The molecule has 0 aromatic carbocycles. The minimum atomic E-state index is -0.246. The van der Waals surface area contributed by atoms with Gasteiger partial charge in [0.25, 0.3) is 0 Å². The fraction of sp³-hybridized carbons (Fsp3) is 0.900. The molecule has 0 bridgehead atoms. The first kappa shape index (κ1) is 22.9. The molecule has 1 aliphatic heterocycles. The zero-order valence-electron chi connectivity index (χ0n) is 16.6. The highest BCUT2D eigenvalue weighted by Crippen LogP contribution is 2.13. The lowest BCUT2D eigenvalue weighted by atomic mass is 10.1. The van der Waals surface area contributed by atoms with Crippen molar-refractivity contribution in [1.82, 2.24) is 10.0 Å². The van der Waals surface area contributed by atoms with Crippen LogP contribution in [0.2, 0.25) is 0 Å². The number of carbonyl (C=O) groups is 2. The van der Waals surface area contributed by atoms with Crippen LogP contribution in [0.25, 0.3) is 0 Å². The molecule has 1 saturated heterocycles. The van der Waals surface area contributed by atoms with Gasteiger partial charge in [-0.15, -0.1) is 0 Å². The Hall–Kier alpha value is -1.14. The molecule has 26 heavy (non-hydrogen) atoms. The zero-order chi connectivity index (χ0) is 19.0. The molecule has 0 aromatic rings. The zero-order valence-corrected chi connectivity index (χ0v) is 16.6. The summed E-state index contributed by atoms with van der Waals surface area (Å²) in [6.45, 7) is 4.11. The summed E-state index contributed by atoms with van der Waals surface area (Å²) < 4.78 is 5.26. The standard InChI is InChI=1S/C20H38N2O4/c1-2-3-4-5-6-7-8-9-10-11-18-26-20(25)13-15-22-19(24)12-14-21(22)16-17-23/h23H,2-18H2,1H3. The molecule has 1 rings (SSSR count). The number of hydrogen-bond donors (Lipinski definition) is 1. The molecule has 1 fully saturated rings. The van der Waals surface area contributed by atoms with Gasteiger partial charge < -0.3 is 9.84 Å². The van der Waals surface area contributed by atoms with Gasteiger partial charge in [0.15, 0.2) is 0 Å². The van der Waals surface area contributed by atoms with Crippen LogP contribution in [0.1, 0.15) is 84.0 Å². The fourth-order valence-corrected chi connectivity index (χ4v) is 3.29. The number of hydrogen-bond acceptors (Lipinski definition) is 5. The van der Waals surface area contributed by atoms with Crippen molar-refractivity contribution in [3.8, 4) is 0 Å². The molecule has 0 unspecified atom stereocenters. The van der Waals surface area contributed by atoms with Gasteiger partial charge in [-0.2, -0.15) is 0 Å². The summed E-state index contributed by atoms with van der Waals surface area (Å²) in [5, 5.41) is 12.4. The van der Waals surface area contributed by atoms with Crippen molar-refractivity contribution >= 4 is 11.9 Å². The molecule has 0 atom stereocenters. The van der Waals surface area contributed by atoms with Gasteiger partial charge in [-0.05, 0) is 6.42 Å². The number of amides is 1. The Balaban J connectivity index is 1.94. The number of hydrazine groups is 1. The second-order valence-electron chi connectivity index (χ2n) is 7.10. The van der Waals surface area contributed by atoms with Crippen LogP contribution in [0.4, 0.5) is 0 Å². The molecular weight excluding hydrogens is 332 g/mol. The van der Waals surface area contributed by atoms with E-state index in [-0.39, 0.29) is 24.9 Å². The Kier molecular flexibility index (Phi) is 13.2. The molecule has 0 saturated carbocycles. The number of unbranched alkanes of at least 4 members (excludes halogenated alkanes) is 9. The van der Waals surface area contributed by atoms with Crippen LogP contribution in [0.15, 0.2) is 0 Å². The number of ether oxygens (including phenoxy) is 1. The highest BCUT2D eigenvalue weighted by Gasteiger charge is 2.28. The highest BCUT2D eigenvalue weighted by molar-refractivity contribution is 5.78. The fourth-order valence-electron chi connectivity index (χ4n) is 3.29. The smallest absolute Gasteiger partial charge is 0.307 e. The minimum absolute atomic E-state index is 0.00691. The normalized spacial score (nSPS) is 15.0. The van der Waals surface area contributed by atoms with Gasteiger partial charge in [-0.25, -0.2) is 5.01 Å². The molecule has 0 aliphatic carbocycles. The number of esters is 1. The quantitative estimate of drug-likeness (QED) is 0.333. The van der Waals surface area contributed by atoms with E-state index in [2.05, 4.69) is 6.92 Å². The van der Waals surface area contributed by atoms with Crippen molar-refractivity contribution in [2.75, 3.05) is 32.8 Å². The molecule has 152 valence electrons. The van der Waals surface area contributed by atoms with E-state index < -0.39 is 0 Å². The SMILES string of the molecule is CCCCCCCCCCCCOC(=O)CCN1C(=O)CCN1CCO. The van der Waals surface area contributed by atoms with E-state index in [0.717, 1.165) is 12.8 Å². The van der Waals surface area contributed by atoms with Crippen LogP contribution in [0.5, 0.6) is 0 Å². The molecule has 0 radical (unpaired) electrons.